The summed E-state index contributed by atoms with van der Waals surface area (Å²) in [7, 11) is -3.56. The van der Waals surface area contributed by atoms with E-state index in [0.29, 0.717) is 24.3 Å². The van der Waals surface area contributed by atoms with Crippen molar-refractivity contribution in [3.8, 4) is 0 Å². The maximum absolute atomic E-state index is 12.5. The van der Waals surface area contributed by atoms with Crippen molar-refractivity contribution in [2.75, 3.05) is 13.1 Å². The molecule has 1 aromatic rings. The summed E-state index contributed by atoms with van der Waals surface area (Å²) in [6, 6.07) is 1.67. The first-order chi connectivity index (χ1) is 8.82. The molecular weight excluding hydrogens is 286 g/mol. The van der Waals surface area contributed by atoms with Crippen LogP contribution in [-0.2, 0) is 14.8 Å². The second-order valence-corrected chi connectivity index (χ2v) is 8.18. The molecule has 0 spiro atoms. The van der Waals surface area contributed by atoms with Crippen molar-refractivity contribution in [1.29, 1.82) is 0 Å². The monoisotopic (exact) mass is 303 g/mol. The minimum absolute atomic E-state index is 0.0754. The molecule has 2 heterocycles. The van der Waals surface area contributed by atoms with E-state index in [4.69, 9.17) is 5.11 Å². The van der Waals surface area contributed by atoms with Gasteiger partial charge in [0.2, 0.25) is 10.0 Å². The van der Waals surface area contributed by atoms with Gasteiger partial charge < -0.3 is 5.11 Å². The number of carbonyl (C=O) groups is 1. The third-order valence-corrected chi connectivity index (χ3v) is 6.43. The molecule has 0 aromatic carbocycles. The van der Waals surface area contributed by atoms with Gasteiger partial charge in [-0.05, 0) is 32.8 Å². The van der Waals surface area contributed by atoms with Crippen LogP contribution in [0.25, 0.3) is 0 Å². The van der Waals surface area contributed by atoms with E-state index in [-0.39, 0.29) is 6.54 Å². The molecule has 0 unspecified atom stereocenters. The van der Waals surface area contributed by atoms with Gasteiger partial charge in [0.15, 0.2) is 0 Å². The highest BCUT2D eigenvalue weighted by atomic mass is 32.2. The lowest BCUT2D eigenvalue weighted by atomic mass is 10.0. The van der Waals surface area contributed by atoms with E-state index in [2.05, 4.69) is 0 Å². The van der Waals surface area contributed by atoms with Gasteiger partial charge in [-0.3, -0.25) is 4.79 Å². The molecule has 0 bridgehead atoms. The molecule has 1 aliphatic heterocycles. The van der Waals surface area contributed by atoms with Gasteiger partial charge in [0.1, 0.15) is 0 Å². The minimum atomic E-state index is -3.56. The van der Waals surface area contributed by atoms with Crippen molar-refractivity contribution >= 4 is 27.3 Å². The Morgan fingerprint density at radius 1 is 1.47 bits per heavy atom. The molecule has 0 radical (unpaired) electrons. The molecule has 5 nitrogen and oxygen atoms in total. The highest BCUT2D eigenvalue weighted by molar-refractivity contribution is 7.89. The molecule has 1 atom stereocenters. The summed E-state index contributed by atoms with van der Waals surface area (Å²) in [6.07, 6.45) is 1.14. The van der Waals surface area contributed by atoms with E-state index in [0.717, 1.165) is 9.75 Å². The predicted octanol–water partition coefficient (Wildman–Crippen LogP) is 1.85. The van der Waals surface area contributed by atoms with Gasteiger partial charge in [0.05, 0.1) is 10.8 Å². The van der Waals surface area contributed by atoms with Crippen LogP contribution in [0.3, 0.4) is 0 Å². The Labute approximate surface area is 116 Å². The summed E-state index contributed by atoms with van der Waals surface area (Å²) in [5.74, 6) is -1.51. The van der Waals surface area contributed by atoms with Crippen molar-refractivity contribution in [3.63, 3.8) is 0 Å². The first-order valence-corrected chi connectivity index (χ1v) is 8.38. The van der Waals surface area contributed by atoms with Gasteiger partial charge in [0.25, 0.3) is 0 Å². The van der Waals surface area contributed by atoms with Gasteiger partial charge in [-0.25, -0.2) is 8.42 Å². The Balaban J connectivity index is 2.29. The van der Waals surface area contributed by atoms with E-state index in [9.17, 15) is 13.2 Å². The van der Waals surface area contributed by atoms with Crippen LogP contribution < -0.4 is 0 Å². The highest BCUT2D eigenvalue weighted by Gasteiger charge is 2.34. The maximum atomic E-state index is 12.5. The number of piperidine rings is 1. The number of hydrogen-bond donors (Lipinski definition) is 1. The van der Waals surface area contributed by atoms with Crippen LogP contribution in [-0.4, -0.2) is 36.9 Å². The molecule has 1 fully saturated rings. The zero-order valence-corrected chi connectivity index (χ0v) is 12.6. The standard InChI is InChI=1S/C12H17NO4S2/c1-8-6-11(9(2)18-8)19(16,17)13-5-3-4-10(7-13)12(14)15/h6,10H,3-5,7H2,1-2H3,(H,14,15)/t10-/m1/s1. The molecule has 0 aliphatic carbocycles. The lowest BCUT2D eigenvalue weighted by Gasteiger charge is -2.29. The normalized spacial score (nSPS) is 21.5. The zero-order valence-electron chi connectivity index (χ0n) is 10.9. The third-order valence-electron chi connectivity index (χ3n) is 3.35. The van der Waals surface area contributed by atoms with E-state index in [1.807, 2.05) is 6.92 Å². The van der Waals surface area contributed by atoms with Gasteiger partial charge in [-0.1, -0.05) is 0 Å². The number of carboxylic acid groups (broad SMARTS) is 1. The number of carboxylic acids is 1. The van der Waals surface area contributed by atoms with E-state index in [1.165, 1.54) is 15.6 Å². The number of aliphatic carboxylic acids is 1. The molecule has 0 amide bonds. The van der Waals surface area contributed by atoms with Crippen LogP contribution in [0.5, 0.6) is 0 Å². The van der Waals surface area contributed by atoms with E-state index in [1.54, 1.807) is 13.0 Å². The first kappa shape index (κ1) is 14.5. The second kappa shape index (κ2) is 5.22. The first-order valence-electron chi connectivity index (χ1n) is 6.12. The average molecular weight is 303 g/mol. The molecule has 0 saturated carbocycles. The molecule has 7 heteroatoms. The lowest BCUT2D eigenvalue weighted by Crippen LogP contribution is -2.42. The van der Waals surface area contributed by atoms with E-state index >= 15 is 0 Å². The van der Waals surface area contributed by atoms with Crippen molar-refractivity contribution in [3.05, 3.63) is 15.8 Å². The Morgan fingerprint density at radius 3 is 2.68 bits per heavy atom. The Hall–Kier alpha value is -0.920. The Bertz CT molecular complexity index is 591. The van der Waals surface area contributed by atoms with Crippen LogP contribution in [0.2, 0.25) is 0 Å². The van der Waals surface area contributed by atoms with Crippen molar-refractivity contribution in [1.82, 2.24) is 4.31 Å². The number of nitrogens with zero attached hydrogens (tertiary/aromatic N) is 1. The summed E-state index contributed by atoms with van der Waals surface area (Å²) in [5.41, 5.74) is 0. The molecule has 106 valence electrons. The molecule has 1 aromatic heterocycles. The molecule has 1 N–H and O–H groups in total. The molecular formula is C12H17NO4S2. The van der Waals surface area contributed by atoms with Gasteiger partial charge >= 0.3 is 5.97 Å². The van der Waals surface area contributed by atoms with Crippen molar-refractivity contribution in [2.24, 2.45) is 5.92 Å². The zero-order chi connectivity index (χ0) is 14.2. The summed E-state index contributed by atoms with van der Waals surface area (Å²) < 4.78 is 26.4. The SMILES string of the molecule is Cc1cc(S(=O)(=O)N2CCC[C@@H](C(=O)O)C2)c(C)s1. The van der Waals surface area contributed by atoms with E-state index < -0.39 is 21.9 Å². The molecule has 1 saturated heterocycles. The molecule has 19 heavy (non-hydrogen) atoms. The topological polar surface area (TPSA) is 74.7 Å². The Morgan fingerprint density at radius 2 is 2.16 bits per heavy atom. The van der Waals surface area contributed by atoms with Gasteiger partial charge in [-0.2, -0.15) is 4.31 Å². The van der Waals surface area contributed by atoms with Crippen LogP contribution >= 0.6 is 11.3 Å². The third kappa shape index (κ3) is 2.82. The Kier molecular flexibility index (Phi) is 3.98. The highest BCUT2D eigenvalue weighted by Crippen LogP contribution is 2.30. The maximum Gasteiger partial charge on any atom is 0.307 e. The number of rotatable bonds is 3. The summed E-state index contributed by atoms with van der Waals surface area (Å²) in [6.45, 7) is 4.13. The van der Waals surface area contributed by atoms with Crippen LogP contribution in [0, 0.1) is 19.8 Å². The molecule has 2 rings (SSSR count). The summed E-state index contributed by atoms with van der Waals surface area (Å²) in [5, 5.41) is 9.03. The van der Waals surface area contributed by atoms with Crippen LogP contribution in [0.1, 0.15) is 22.6 Å². The fraction of sp³-hybridized carbons (Fsp3) is 0.583. The summed E-state index contributed by atoms with van der Waals surface area (Å²) in [4.78, 5) is 13.0. The number of thiophene rings is 1. The average Bonchev–Trinajstić information content (AvgIpc) is 2.69. The second-order valence-electron chi connectivity index (χ2n) is 4.82. The minimum Gasteiger partial charge on any atom is -0.481 e. The number of sulfonamides is 1. The van der Waals surface area contributed by atoms with Gasteiger partial charge in [-0.15, -0.1) is 11.3 Å². The molecule has 1 aliphatic rings. The fourth-order valence-corrected chi connectivity index (χ4v) is 5.41. The predicted molar refractivity (Wildman–Crippen MR) is 72.9 cm³/mol. The van der Waals surface area contributed by atoms with Crippen molar-refractivity contribution < 1.29 is 18.3 Å². The largest absolute Gasteiger partial charge is 0.481 e. The quantitative estimate of drug-likeness (QED) is 0.924. The fourth-order valence-electron chi connectivity index (χ4n) is 2.36. The van der Waals surface area contributed by atoms with Crippen molar-refractivity contribution in [2.45, 2.75) is 31.6 Å². The number of aryl methyl sites for hydroxylation is 2. The smallest absolute Gasteiger partial charge is 0.307 e. The lowest BCUT2D eigenvalue weighted by molar-refractivity contribution is -0.142. The van der Waals surface area contributed by atoms with Crippen LogP contribution in [0.15, 0.2) is 11.0 Å². The summed E-state index contributed by atoms with van der Waals surface area (Å²) >= 11 is 1.45. The number of hydrogen-bond acceptors (Lipinski definition) is 4. The van der Waals surface area contributed by atoms with Gasteiger partial charge in [0, 0.05) is 22.8 Å². The van der Waals surface area contributed by atoms with Crippen LogP contribution in [0.4, 0.5) is 0 Å².